The maximum atomic E-state index is 12.0. The van der Waals surface area contributed by atoms with E-state index in [1.165, 1.54) is 7.11 Å². The molecular formula is C18H27NO4. The Morgan fingerprint density at radius 1 is 1.17 bits per heavy atom. The number of carbonyl (C=O) groups excluding carboxylic acids is 2. The molecule has 0 aliphatic heterocycles. The first-order chi connectivity index (χ1) is 10.8. The van der Waals surface area contributed by atoms with Crippen molar-refractivity contribution in [3.8, 4) is 0 Å². The molecule has 1 rings (SSSR count). The monoisotopic (exact) mass is 321 g/mol. The van der Waals surface area contributed by atoms with Crippen LogP contribution in [0.15, 0.2) is 30.3 Å². The van der Waals surface area contributed by atoms with Crippen molar-refractivity contribution in [3.63, 3.8) is 0 Å². The molecule has 1 aromatic carbocycles. The largest absolute Gasteiger partial charge is 0.467 e. The highest BCUT2D eigenvalue weighted by Crippen LogP contribution is 2.18. The van der Waals surface area contributed by atoms with Crippen molar-refractivity contribution in [1.82, 2.24) is 5.32 Å². The maximum absolute atomic E-state index is 12.0. The van der Waals surface area contributed by atoms with E-state index in [1.54, 1.807) is 0 Å². The average Bonchev–Trinajstić information content (AvgIpc) is 2.48. The second-order valence-electron chi connectivity index (χ2n) is 6.71. The van der Waals surface area contributed by atoms with E-state index in [1.807, 2.05) is 51.1 Å². The molecule has 0 aliphatic rings. The molecule has 0 fully saturated rings. The lowest BCUT2D eigenvalue weighted by molar-refractivity contribution is -0.146. The number of carbonyl (C=O) groups is 2. The van der Waals surface area contributed by atoms with Gasteiger partial charge in [-0.2, -0.15) is 0 Å². The number of nitrogens with one attached hydrogen (secondary N) is 1. The maximum Gasteiger partial charge on any atom is 0.328 e. The van der Waals surface area contributed by atoms with Gasteiger partial charge in [0.05, 0.1) is 13.7 Å². The first-order valence-electron chi connectivity index (χ1n) is 7.80. The molecule has 0 spiro atoms. The van der Waals surface area contributed by atoms with E-state index < -0.39 is 12.0 Å². The van der Waals surface area contributed by atoms with Crippen LogP contribution in [0.2, 0.25) is 0 Å². The molecule has 128 valence electrons. The minimum absolute atomic E-state index is 0.130. The van der Waals surface area contributed by atoms with Crippen LogP contribution in [0.25, 0.3) is 0 Å². The Labute approximate surface area is 138 Å². The minimum atomic E-state index is -0.675. The van der Waals surface area contributed by atoms with Gasteiger partial charge < -0.3 is 14.8 Å². The van der Waals surface area contributed by atoms with Gasteiger partial charge in [0.1, 0.15) is 6.04 Å². The number of amides is 1. The zero-order valence-corrected chi connectivity index (χ0v) is 14.4. The molecule has 1 N–H and O–H groups in total. The van der Waals surface area contributed by atoms with Crippen LogP contribution in [0, 0.1) is 5.41 Å². The van der Waals surface area contributed by atoms with Crippen molar-refractivity contribution in [2.75, 3.05) is 13.7 Å². The van der Waals surface area contributed by atoms with Crippen molar-refractivity contribution in [2.24, 2.45) is 5.41 Å². The predicted octanol–water partition coefficient (Wildman–Crippen LogP) is 2.69. The third kappa shape index (κ3) is 8.35. The van der Waals surface area contributed by atoms with Crippen molar-refractivity contribution < 1.29 is 19.1 Å². The second kappa shape index (κ2) is 9.30. The van der Waals surface area contributed by atoms with E-state index in [0.717, 1.165) is 5.56 Å². The van der Waals surface area contributed by atoms with Crippen molar-refractivity contribution in [1.29, 1.82) is 0 Å². The lowest BCUT2D eigenvalue weighted by Gasteiger charge is -2.21. The Hall–Kier alpha value is -1.88. The van der Waals surface area contributed by atoms with Crippen LogP contribution < -0.4 is 5.32 Å². The van der Waals surface area contributed by atoms with Crippen molar-refractivity contribution in [2.45, 2.75) is 46.3 Å². The summed E-state index contributed by atoms with van der Waals surface area (Å²) in [6.45, 7) is 6.77. The summed E-state index contributed by atoms with van der Waals surface area (Å²) in [6.07, 6.45) is 0.737. The van der Waals surface area contributed by atoms with E-state index in [0.29, 0.717) is 26.1 Å². The second-order valence-corrected chi connectivity index (χ2v) is 6.71. The Morgan fingerprint density at radius 2 is 1.83 bits per heavy atom. The molecule has 1 aromatic rings. The molecule has 0 heterocycles. The van der Waals surface area contributed by atoms with E-state index >= 15 is 0 Å². The summed E-state index contributed by atoms with van der Waals surface area (Å²) in [5.74, 6) is -0.605. The van der Waals surface area contributed by atoms with Gasteiger partial charge in [0, 0.05) is 19.4 Å². The Morgan fingerprint density at radius 3 is 2.39 bits per heavy atom. The fraction of sp³-hybridized carbons (Fsp3) is 0.556. The fourth-order valence-electron chi connectivity index (χ4n) is 2.08. The lowest BCUT2D eigenvalue weighted by Crippen LogP contribution is -2.43. The fourth-order valence-corrected chi connectivity index (χ4v) is 2.08. The molecule has 0 saturated heterocycles. The molecule has 23 heavy (non-hydrogen) atoms. The molecule has 1 atom stereocenters. The van der Waals surface area contributed by atoms with Crippen molar-refractivity contribution >= 4 is 11.9 Å². The molecular weight excluding hydrogens is 294 g/mol. The summed E-state index contributed by atoms with van der Waals surface area (Å²) >= 11 is 0. The Balaban J connectivity index is 2.42. The standard InChI is InChI=1S/C18H27NO4/c1-18(2,3)12-16(20)19-15(17(21)22-4)10-11-23-13-14-8-6-5-7-9-14/h5-9,15H,10-13H2,1-4H3,(H,19,20)/t15-/m0/s1. The molecule has 0 radical (unpaired) electrons. The number of rotatable bonds is 8. The van der Waals surface area contributed by atoms with Gasteiger partial charge in [-0.15, -0.1) is 0 Å². The molecule has 5 nitrogen and oxygen atoms in total. The van der Waals surface area contributed by atoms with Crippen LogP contribution in [0.3, 0.4) is 0 Å². The van der Waals surface area contributed by atoms with Gasteiger partial charge in [-0.1, -0.05) is 51.1 Å². The minimum Gasteiger partial charge on any atom is -0.467 e. The van der Waals surface area contributed by atoms with Gasteiger partial charge in [-0.05, 0) is 11.0 Å². The molecule has 5 heteroatoms. The quantitative estimate of drug-likeness (QED) is 0.590. The molecule has 0 aromatic heterocycles. The summed E-state index contributed by atoms with van der Waals surface area (Å²) < 4.78 is 10.3. The van der Waals surface area contributed by atoms with Gasteiger partial charge in [0.15, 0.2) is 0 Å². The zero-order chi connectivity index (χ0) is 17.3. The van der Waals surface area contributed by atoms with Gasteiger partial charge in [-0.3, -0.25) is 4.79 Å². The van der Waals surface area contributed by atoms with E-state index in [-0.39, 0.29) is 11.3 Å². The Bertz CT molecular complexity index is 493. The first kappa shape index (κ1) is 19.2. The molecule has 0 saturated carbocycles. The van der Waals surface area contributed by atoms with E-state index in [9.17, 15) is 9.59 Å². The highest BCUT2D eigenvalue weighted by Gasteiger charge is 2.24. The van der Waals surface area contributed by atoms with Crippen LogP contribution >= 0.6 is 0 Å². The van der Waals surface area contributed by atoms with Crippen LogP contribution in [-0.4, -0.2) is 31.6 Å². The summed E-state index contributed by atoms with van der Waals surface area (Å²) in [5, 5.41) is 2.73. The number of hydrogen-bond acceptors (Lipinski definition) is 4. The van der Waals surface area contributed by atoms with Gasteiger partial charge in [0.2, 0.25) is 5.91 Å². The van der Waals surface area contributed by atoms with Crippen LogP contribution in [0.5, 0.6) is 0 Å². The molecule has 0 bridgehead atoms. The van der Waals surface area contributed by atoms with Gasteiger partial charge >= 0.3 is 5.97 Å². The lowest BCUT2D eigenvalue weighted by atomic mass is 9.92. The molecule has 0 aliphatic carbocycles. The summed E-state index contributed by atoms with van der Waals surface area (Å²) in [6, 6.07) is 9.11. The van der Waals surface area contributed by atoms with E-state index in [4.69, 9.17) is 9.47 Å². The summed E-state index contributed by atoms with van der Waals surface area (Å²) in [7, 11) is 1.32. The van der Waals surface area contributed by atoms with Gasteiger partial charge in [-0.25, -0.2) is 4.79 Å². The average molecular weight is 321 g/mol. The SMILES string of the molecule is COC(=O)[C@H](CCOCc1ccccc1)NC(=O)CC(C)(C)C. The number of ether oxygens (including phenoxy) is 2. The number of hydrogen-bond donors (Lipinski definition) is 1. The highest BCUT2D eigenvalue weighted by molar-refractivity contribution is 5.84. The van der Waals surface area contributed by atoms with Crippen LogP contribution in [0.4, 0.5) is 0 Å². The predicted molar refractivity (Wildman–Crippen MR) is 88.7 cm³/mol. The smallest absolute Gasteiger partial charge is 0.328 e. The van der Waals surface area contributed by atoms with Crippen LogP contribution in [-0.2, 0) is 25.7 Å². The molecule has 1 amide bonds. The number of methoxy groups -OCH3 is 1. The third-order valence-corrected chi connectivity index (χ3v) is 3.17. The van der Waals surface area contributed by atoms with Crippen LogP contribution in [0.1, 0.15) is 39.2 Å². The Kier molecular flexibility index (Phi) is 7.75. The third-order valence-electron chi connectivity index (χ3n) is 3.17. The molecule has 0 unspecified atom stereocenters. The normalized spacial score (nSPS) is 12.5. The zero-order valence-electron chi connectivity index (χ0n) is 14.4. The van der Waals surface area contributed by atoms with E-state index in [2.05, 4.69) is 5.32 Å². The number of esters is 1. The van der Waals surface area contributed by atoms with Crippen molar-refractivity contribution in [3.05, 3.63) is 35.9 Å². The summed E-state index contributed by atoms with van der Waals surface area (Å²) in [5.41, 5.74) is 0.938. The first-order valence-corrected chi connectivity index (χ1v) is 7.80. The van der Waals surface area contributed by atoms with Gasteiger partial charge in [0.25, 0.3) is 0 Å². The summed E-state index contributed by atoms with van der Waals surface area (Å²) in [4.78, 5) is 23.8. The highest BCUT2D eigenvalue weighted by atomic mass is 16.5. The number of benzene rings is 1. The topological polar surface area (TPSA) is 64.6 Å².